The van der Waals surface area contributed by atoms with Gasteiger partial charge in [0.05, 0.1) is 25.0 Å². The van der Waals surface area contributed by atoms with Crippen LogP contribution in [-0.4, -0.2) is 67.5 Å². The van der Waals surface area contributed by atoms with Crippen LogP contribution in [0.4, 0.5) is 11.4 Å². The third-order valence-electron chi connectivity index (χ3n) is 6.28. The second kappa shape index (κ2) is 9.71. The van der Waals surface area contributed by atoms with Gasteiger partial charge in [0.15, 0.2) is 0 Å². The van der Waals surface area contributed by atoms with E-state index in [0.717, 1.165) is 44.2 Å². The van der Waals surface area contributed by atoms with E-state index < -0.39 is 0 Å². The number of nitrogens with zero attached hydrogens (tertiary/aromatic N) is 3. The van der Waals surface area contributed by atoms with Crippen molar-refractivity contribution in [3.63, 3.8) is 0 Å². The van der Waals surface area contributed by atoms with Gasteiger partial charge in [0.25, 0.3) is 0 Å². The standard InChI is InChI=1S/C25H32N4O3/c1-18-8-9-23(32-3)20(14-18)16-27-10-12-28(13-11-27)17-25(31)29-19(2)15-24(30)26-21-6-4-5-7-22(21)29/h4-9,14,19H,10-13,15-17H2,1-3H3,(H,26,30)/t19-/m1/s1. The quantitative estimate of drug-likeness (QED) is 0.781. The summed E-state index contributed by atoms with van der Waals surface area (Å²) in [6.07, 6.45) is 0.298. The number of para-hydroxylation sites is 2. The van der Waals surface area contributed by atoms with Crippen molar-refractivity contribution in [2.75, 3.05) is 50.1 Å². The van der Waals surface area contributed by atoms with Crippen molar-refractivity contribution in [1.29, 1.82) is 0 Å². The minimum atomic E-state index is -0.179. The molecule has 0 unspecified atom stereocenters. The van der Waals surface area contributed by atoms with E-state index in [2.05, 4.69) is 34.2 Å². The van der Waals surface area contributed by atoms with Gasteiger partial charge in [-0.15, -0.1) is 0 Å². The molecule has 7 nitrogen and oxygen atoms in total. The molecule has 2 aliphatic heterocycles. The SMILES string of the molecule is COc1ccc(C)cc1CN1CCN(CC(=O)N2c3ccccc3NC(=O)C[C@H]2C)CC1. The average Bonchev–Trinajstić information content (AvgIpc) is 2.89. The molecule has 170 valence electrons. The Morgan fingerprint density at radius 1 is 1.09 bits per heavy atom. The molecule has 2 aliphatic rings. The van der Waals surface area contributed by atoms with Crippen LogP contribution in [0.5, 0.6) is 5.75 Å². The van der Waals surface area contributed by atoms with Gasteiger partial charge in [0.1, 0.15) is 5.75 Å². The van der Waals surface area contributed by atoms with Crippen molar-refractivity contribution in [2.24, 2.45) is 0 Å². The number of rotatable bonds is 5. The van der Waals surface area contributed by atoms with Gasteiger partial charge in [-0.1, -0.05) is 29.8 Å². The lowest BCUT2D eigenvalue weighted by Crippen LogP contribution is -2.51. The first-order valence-corrected chi connectivity index (χ1v) is 11.2. The van der Waals surface area contributed by atoms with Crippen molar-refractivity contribution >= 4 is 23.2 Å². The Bertz CT molecular complexity index is 985. The highest BCUT2D eigenvalue weighted by Gasteiger charge is 2.31. The van der Waals surface area contributed by atoms with Crippen molar-refractivity contribution < 1.29 is 14.3 Å². The second-order valence-corrected chi connectivity index (χ2v) is 8.75. The van der Waals surface area contributed by atoms with E-state index in [9.17, 15) is 9.59 Å². The van der Waals surface area contributed by atoms with Crippen LogP contribution in [0.25, 0.3) is 0 Å². The molecule has 1 N–H and O–H groups in total. The summed E-state index contributed by atoms with van der Waals surface area (Å²) in [4.78, 5) is 31.9. The zero-order chi connectivity index (χ0) is 22.7. The van der Waals surface area contributed by atoms with Crippen LogP contribution >= 0.6 is 0 Å². The van der Waals surface area contributed by atoms with E-state index in [4.69, 9.17) is 4.74 Å². The Balaban J connectivity index is 1.38. The van der Waals surface area contributed by atoms with Gasteiger partial charge < -0.3 is 15.0 Å². The molecule has 2 amide bonds. The van der Waals surface area contributed by atoms with Crippen molar-refractivity contribution in [3.8, 4) is 5.75 Å². The van der Waals surface area contributed by atoms with E-state index in [1.807, 2.05) is 37.3 Å². The molecule has 0 aliphatic carbocycles. The summed E-state index contributed by atoms with van der Waals surface area (Å²) in [7, 11) is 1.71. The van der Waals surface area contributed by atoms with E-state index >= 15 is 0 Å². The van der Waals surface area contributed by atoms with Gasteiger partial charge in [-0.3, -0.25) is 19.4 Å². The Labute approximate surface area is 189 Å². The Morgan fingerprint density at radius 2 is 1.81 bits per heavy atom. The number of fused-ring (bicyclic) bond motifs is 1. The molecule has 0 spiro atoms. The molecule has 1 atom stereocenters. The van der Waals surface area contributed by atoms with Crippen LogP contribution in [0.1, 0.15) is 24.5 Å². The van der Waals surface area contributed by atoms with E-state index in [-0.39, 0.29) is 17.9 Å². The number of benzene rings is 2. The molecular weight excluding hydrogens is 404 g/mol. The molecule has 32 heavy (non-hydrogen) atoms. The minimum absolute atomic E-state index is 0.0373. The number of carbonyl (C=O) groups excluding carboxylic acids is 2. The van der Waals surface area contributed by atoms with Gasteiger partial charge in [0.2, 0.25) is 11.8 Å². The molecule has 1 saturated heterocycles. The lowest BCUT2D eigenvalue weighted by molar-refractivity contribution is -0.120. The maximum absolute atomic E-state index is 13.3. The van der Waals surface area contributed by atoms with Gasteiger partial charge in [-0.25, -0.2) is 0 Å². The number of aryl methyl sites for hydroxylation is 1. The van der Waals surface area contributed by atoms with Crippen LogP contribution in [-0.2, 0) is 16.1 Å². The van der Waals surface area contributed by atoms with Crippen molar-refractivity contribution in [3.05, 3.63) is 53.6 Å². The van der Waals surface area contributed by atoms with E-state index in [1.54, 1.807) is 12.0 Å². The number of piperazine rings is 1. The first-order valence-electron chi connectivity index (χ1n) is 11.2. The highest BCUT2D eigenvalue weighted by Crippen LogP contribution is 2.31. The fourth-order valence-corrected chi connectivity index (χ4v) is 4.61. The molecule has 0 radical (unpaired) electrons. The average molecular weight is 437 g/mol. The fourth-order valence-electron chi connectivity index (χ4n) is 4.61. The molecule has 0 saturated carbocycles. The summed E-state index contributed by atoms with van der Waals surface area (Å²) >= 11 is 0. The summed E-state index contributed by atoms with van der Waals surface area (Å²) < 4.78 is 5.52. The molecule has 1 fully saturated rings. The molecule has 7 heteroatoms. The molecular formula is C25H32N4O3. The van der Waals surface area contributed by atoms with Gasteiger partial charge in [-0.05, 0) is 32.0 Å². The van der Waals surface area contributed by atoms with Crippen LogP contribution < -0.4 is 15.0 Å². The molecule has 2 aromatic carbocycles. The summed E-state index contributed by atoms with van der Waals surface area (Å²) in [6, 6.07) is 13.6. The normalized spacial score (nSPS) is 19.8. The second-order valence-electron chi connectivity index (χ2n) is 8.75. The minimum Gasteiger partial charge on any atom is -0.496 e. The van der Waals surface area contributed by atoms with Crippen molar-refractivity contribution in [1.82, 2.24) is 9.80 Å². The largest absolute Gasteiger partial charge is 0.496 e. The number of carbonyl (C=O) groups is 2. The summed E-state index contributed by atoms with van der Waals surface area (Å²) in [5, 5.41) is 2.92. The number of hydrogen-bond acceptors (Lipinski definition) is 5. The summed E-state index contributed by atoms with van der Waals surface area (Å²) in [5.74, 6) is 0.904. The molecule has 4 rings (SSSR count). The summed E-state index contributed by atoms with van der Waals surface area (Å²) in [6.45, 7) is 8.70. The van der Waals surface area contributed by atoms with Crippen molar-refractivity contribution in [2.45, 2.75) is 32.9 Å². The number of ether oxygens (including phenoxy) is 1. The lowest BCUT2D eigenvalue weighted by atomic mass is 10.1. The number of nitrogens with one attached hydrogen (secondary N) is 1. The molecule has 2 heterocycles. The number of amides is 2. The lowest BCUT2D eigenvalue weighted by Gasteiger charge is -2.36. The third-order valence-corrected chi connectivity index (χ3v) is 6.28. The van der Waals surface area contributed by atoms with E-state index in [0.29, 0.717) is 18.7 Å². The smallest absolute Gasteiger partial charge is 0.241 e. The van der Waals surface area contributed by atoms with E-state index in [1.165, 1.54) is 11.1 Å². The fraction of sp³-hybridized carbons (Fsp3) is 0.440. The topological polar surface area (TPSA) is 65.1 Å². The number of methoxy groups -OCH3 is 1. The number of hydrogen-bond donors (Lipinski definition) is 1. The highest BCUT2D eigenvalue weighted by molar-refractivity contribution is 6.04. The zero-order valence-corrected chi connectivity index (χ0v) is 19.1. The zero-order valence-electron chi connectivity index (χ0n) is 19.1. The number of anilines is 2. The van der Waals surface area contributed by atoms with Crippen LogP contribution in [0.2, 0.25) is 0 Å². The molecule has 2 aromatic rings. The monoisotopic (exact) mass is 436 g/mol. The summed E-state index contributed by atoms with van der Waals surface area (Å²) in [5.41, 5.74) is 3.90. The van der Waals surface area contributed by atoms with Crippen LogP contribution in [0.3, 0.4) is 0 Å². The van der Waals surface area contributed by atoms with Gasteiger partial charge in [-0.2, -0.15) is 0 Å². The maximum atomic E-state index is 13.3. The Kier molecular flexibility index (Phi) is 6.77. The molecule has 0 bridgehead atoms. The Morgan fingerprint density at radius 3 is 2.56 bits per heavy atom. The van der Waals surface area contributed by atoms with Gasteiger partial charge >= 0.3 is 0 Å². The maximum Gasteiger partial charge on any atom is 0.241 e. The van der Waals surface area contributed by atoms with Crippen LogP contribution in [0, 0.1) is 6.92 Å². The van der Waals surface area contributed by atoms with Gasteiger partial charge in [0, 0.05) is 50.7 Å². The first kappa shape index (κ1) is 22.3. The highest BCUT2D eigenvalue weighted by atomic mass is 16.5. The van der Waals surface area contributed by atoms with Crippen LogP contribution in [0.15, 0.2) is 42.5 Å². The predicted octanol–water partition coefficient (Wildman–Crippen LogP) is 2.89. The Hall–Kier alpha value is -2.90. The molecule has 0 aromatic heterocycles. The third kappa shape index (κ3) is 4.95. The first-order chi connectivity index (χ1) is 15.4. The predicted molar refractivity (Wildman–Crippen MR) is 126 cm³/mol.